The molecule has 2 unspecified atom stereocenters. The van der Waals surface area contributed by atoms with Gasteiger partial charge in [0.05, 0.1) is 10.6 Å². The Morgan fingerprint density at radius 1 is 0.974 bits per heavy atom. The summed E-state index contributed by atoms with van der Waals surface area (Å²) in [5.41, 5.74) is 1.61. The number of benzene rings is 3. The minimum atomic E-state index is -4.15. The molecule has 208 valence electrons. The number of anilines is 1. The van der Waals surface area contributed by atoms with Gasteiger partial charge in [0.25, 0.3) is 10.0 Å². The van der Waals surface area contributed by atoms with Crippen molar-refractivity contribution in [2.45, 2.75) is 57.6 Å². The number of carbonyl (C=O) groups excluding carboxylic acids is 2. The Morgan fingerprint density at radius 3 is 2.23 bits per heavy atom. The first kappa shape index (κ1) is 30.7. The smallest absolute Gasteiger partial charge is 0.264 e. The van der Waals surface area contributed by atoms with Crippen LogP contribution in [0, 0.1) is 6.92 Å². The standard InChI is InChI=1S/C29H33BrClN3O4S/c1-5-20(2)32-29(36)22(4)33(18-23-14-16-24(30)17-15-23)28(35)19-34(27-13-9-12-26(31)21(27)3)39(37,38)25-10-7-6-8-11-25/h6-17,20,22H,5,18-19H2,1-4H3,(H,32,36). The van der Waals surface area contributed by atoms with Crippen LogP contribution in [0.15, 0.2) is 82.2 Å². The van der Waals surface area contributed by atoms with Crippen LogP contribution in [0.3, 0.4) is 0 Å². The highest BCUT2D eigenvalue weighted by Gasteiger charge is 2.33. The van der Waals surface area contributed by atoms with Gasteiger partial charge in [0.1, 0.15) is 12.6 Å². The van der Waals surface area contributed by atoms with Gasteiger partial charge in [-0.2, -0.15) is 0 Å². The van der Waals surface area contributed by atoms with Crippen LogP contribution in [0.25, 0.3) is 0 Å². The molecule has 0 aliphatic rings. The molecule has 0 aromatic heterocycles. The molecule has 0 aliphatic heterocycles. The first-order valence-corrected chi connectivity index (χ1v) is 15.2. The number of amides is 2. The Hall–Kier alpha value is -2.88. The highest BCUT2D eigenvalue weighted by atomic mass is 79.9. The van der Waals surface area contributed by atoms with E-state index in [4.69, 9.17) is 11.6 Å². The van der Waals surface area contributed by atoms with E-state index in [2.05, 4.69) is 21.2 Å². The van der Waals surface area contributed by atoms with Crippen molar-refractivity contribution >= 4 is 55.1 Å². The third kappa shape index (κ3) is 7.62. The zero-order chi connectivity index (χ0) is 28.7. The van der Waals surface area contributed by atoms with Gasteiger partial charge in [0, 0.05) is 22.1 Å². The predicted molar refractivity (Wildman–Crippen MR) is 159 cm³/mol. The fourth-order valence-electron chi connectivity index (χ4n) is 3.93. The number of carbonyl (C=O) groups is 2. The Kier molecular flexibility index (Phi) is 10.6. The van der Waals surface area contributed by atoms with Crippen molar-refractivity contribution in [2.24, 2.45) is 0 Å². The Balaban J connectivity index is 2.05. The van der Waals surface area contributed by atoms with Crippen LogP contribution < -0.4 is 9.62 Å². The summed E-state index contributed by atoms with van der Waals surface area (Å²) in [7, 11) is -4.15. The number of nitrogens with zero attached hydrogens (tertiary/aromatic N) is 2. The lowest BCUT2D eigenvalue weighted by atomic mass is 10.1. The molecule has 1 N–H and O–H groups in total. The van der Waals surface area contributed by atoms with Gasteiger partial charge >= 0.3 is 0 Å². The van der Waals surface area contributed by atoms with Crippen molar-refractivity contribution in [3.05, 3.63) is 93.4 Å². The molecular formula is C29H33BrClN3O4S. The minimum absolute atomic E-state index is 0.0409. The second-order valence-corrected chi connectivity index (χ2v) is 12.5. The van der Waals surface area contributed by atoms with Crippen LogP contribution in [0.1, 0.15) is 38.3 Å². The quantitative estimate of drug-likeness (QED) is 0.283. The van der Waals surface area contributed by atoms with Gasteiger partial charge in [-0.15, -0.1) is 0 Å². The summed E-state index contributed by atoms with van der Waals surface area (Å²) in [6.45, 7) is 6.80. The van der Waals surface area contributed by atoms with Crippen LogP contribution >= 0.6 is 27.5 Å². The third-order valence-electron chi connectivity index (χ3n) is 6.55. The second-order valence-electron chi connectivity index (χ2n) is 9.35. The Morgan fingerprint density at radius 2 is 1.62 bits per heavy atom. The summed E-state index contributed by atoms with van der Waals surface area (Å²) in [6.07, 6.45) is 0.732. The third-order valence-corrected chi connectivity index (χ3v) is 9.26. The largest absolute Gasteiger partial charge is 0.352 e. The maximum Gasteiger partial charge on any atom is 0.264 e. The lowest BCUT2D eigenvalue weighted by Crippen LogP contribution is -2.52. The number of hydrogen-bond acceptors (Lipinski definition) is 4. The predicted octanol–water partition coefficient (Wildman–Crippen LogP) is 5.94. The van der Waals surface area contributed by atoms with Crippen molar-refractivity contribution in [1.82, 2.24) is 10.2 Å². The molecule has 0 spiro atoms. The summed E-state index contributed by atoms with van der Waals surface area (Å²) in [4.78, 5) is 28.5. The molecule has 0 saturated carbocycles. The van der Waals surface area contributed by atoms with Crippen molar-refractivity contribution in [1.29, 1.82) is 0 Å². The van der Waals surface area contributed by atoms with Crippen molar-refractivity contribution in [3.8, 4) is 0 Å². The van der Waals surface area contributed by atoms with Gasteiger partial charge in [0.2, 0.25) is 11.8 Å². The lowest BCUT2D eigenvalue weighted by Gasteiger charge is -2.33. The minimum Gasteiger partial charge on any atom is -0.352 e. The van der Waals surface area contributed by atoms with Gasteiger partial charge in [0.15, 0.2) is 0 Å². The number of nitrogens with one attached hydrogen (secondary N) is 1. The summed E-state index contributed by atoms with van der Waals surface area (Å²) < 4.78 is 29.7. The van der Waals surface area contributed by atoms with E-state index < -0.39 is 28.5 Å². The maximum atomic E-state index is 14.0. The molecular weight excluding hydrogens is 602 g/mol. The van der Waals surface area contributed by atoms with Crippen LogP contribution in [-0.2, 0) is 26.2 Å². The second kappa shape index (κ2) is 13.5. The normalized spacial score (nSPS) is 12.9. The lowest BCUT2D eigenvalue weighted by molar-refractivity contribution is -0.139. The van der Waals surface area contributed by atoms with Crippen LogP contribution in [0.5, 0.6) is 0 Å². The van der Waals surface area contributed by atoms with Gasteiger partial charge < -0.3 is 10.2 Å². The molecule has 0 saturated heterocycles. The van der Waals surface area contributed by atoms with E-state index in [1.807, 2.05) is 38.1 Å². The van der Waals surface area contributed by atoms with Gasteiger partial charge in [-0.25, -0.2) is 8.42 Å². The molecule has 2 amide bonds. The number of sulfonamides is 1. The van der Waals surface area contributed by atoms with Gasteiger partial charge in [-0.1, -0.05) is 70.9 Å². The number of rotatable bonds is 11. The molecule has 0 radical (unpaired) electrons. The van der Waals surface area contributed by atoms with E-state index in [9.17, 15) is 18.0 Å². The summed E-state index contributed by atoms with van der Waals surface area (Å²) >= 11 is 9.77. The molecule has 0 fully saturated rings. The monoisotopic (exact) mass is 633 g/mol. The van der Waals surface area contributed by atoms with E-state index in [0.717, 1.165) is 20.8 Å². The van der Waals surface area contributed by atoms with E-state index in [1.54, 1.807) is 50.2 Å². The molecule has 7 nitrogen and oxygen atoms in total. The molecule has 0 aliphatic carbocycles. The molecule has 39 heavy (non-hydrogen) atoms. The molecule has 3 aromatic rings. The highest BCUT2D eigenvalue weighted by Crippen LogP contribution is 2.31. The molecule has 3 aromatic carbocycles. The molecule has 0 heterocycles. The fourth-order valence-corrected chi connectivity index (χ4v) is 5.86. The topological polar surface area (TPSA) is 86.8 Å². The molecule has 0 bridgehead atoms. The maximum absolute atomic E-state index is 14.0. The number of halogens is 2. The Bertz CT molecular complexity index is 1400. The van der Waals surface area contributed by atoms with E-state index in [1.165, 1.54) is 17.0 Å². The first-order valence-electron chi connectivity index (χ1n) is 12.6. The molecule has 3 rings (SSSR count). The van der Waals surface area contributed by atoms with Crippen LogP contribution in [0.2, 0.25) is 5.02 Å². The highest BCUT2D eigenvalue weighted by molar-refractivity contribution is 9.10. The summed E-state index contributed by atoms with van der Waals surface area (Å²) in [5.74, 6) is -0.838. The van der Waals surface area contributed by atoms with Crippen molar-refractivity contribution in [2.75, 3.05) is 10.8 Å². The van der Waals surface area contributed by atoms with Crippen molar-refractivity contribution in [3.63, 3.8) is 0 Å². The van der Waals surface area contributed by atoms with Crippen LogP contribution in [-0.4, -0.2) is 43.8 Å². The van der Waals surface area contributed by atoms with Gasteiger partial charge in [-0.3, -0.25) is 13.9 Å². The summed E-state index contributed by atoms with van der Waals surface area (Å²) in [5, 5.41) is 3.30. The van der Waals surface area contributed by atoms with E-state index >= 15 is 0 Å². The average molecular weight is 635 g/mol. The van der Waals surface area contributed by atoms with E-state index in [0.29, 0.717) is 16.3 Å². The zero-order valence-corrected chi connectivity index (χ0v) is 25.6. The first-order chi connectivity index (χ1) is 18.4. The fraction of sp³-hybridized carbons (Fsp3) is 0.310. The van der Waals surface area contributed by atoms with E-state index in [-0.39, 0.29) is 23.4 Å². The SMILES string of the molecule is CCC(C)NC(=O)C(C)N(Cc1ccc(Br)cc1)C(=O)CN(c1cccc(Cl)c1C)S(=O)(=O)c1ccccc1. The van der Waals surface area contributed by atoms with Gasteiger partial charge in [-0.05, 0) is 74.7 Å². The molecule has 10 heteroatoms. The van der Waals surface area contributed by atoms with Crippen LogP contribution in [0.4, 0.5) is 5.69 Å². The number of hydrogen-bond donors (Lipinski definition) is 1. The average Bonchev–Trinajstić information content (AvgIpc) is 2.92. The van der Waals surface area contributed by atoms with Crippen molar-refractivity contribution < 1.29 is 18.0 Å². The molecule has 2 atom stereocenters. The summed E-state index contributed by atoms with van der Waals surface area (Å²) in [6, 6.07) is 19.3. The zero-order valence-electron chi connectivity index (χ0n) is 22.4. The Labute approximate surface area is 244 Å².